The van der Waals surface area contributed by atoms with E-state index in [9.17, 15) is 19.5 Å². The second-order valence-electron chi connectivity index (χ2n) is 7.55. The summed E-state index contributed by atoms with van der Waals surface area (Å²) in [7, 11) is 0. The average Bonchev–Trinajstić information content (AvgIpc) is 2.66. The fourth-order valence-corrected chi connectivity index (χ4v) is 3.04. The van der Waals surface area contributed by atoms with Crippen molar-refractivity contribution in [2.24, 2.45) is 0 Å². The number of amides is 2. The van der Waals surface area contributed by atoms with Gasteiger partial charge in [-0.2, -0.15) is 0 Å². The molecule has 2 amide bonds. The predicted molar refractivity (Wildman–Crippen MR) is 125 cm³/mol. The Bertz CT molecular complexity index is 729. The van der Waals surface area contributed by atoms with Gasteiger partial charge in [-0.15, -0.1) is 11.8 Å². The van der Waals surface area contributed by atoms with E-state index in [1.807, 2.05) is 0 Å². The van der Waals surface area contributed by atoms with E-state index in [1.165, 1.54) is 46.4 Å². The van der Waals surface area contributed by atoms with Gasteiger partial charge in [0, 0.05) is 18.1 Å². The summed E-state index contributed by atoms with van der Waals surface area (Å²) in [5.74, 6) is -1.53. The molecule has 0 spiro atoms. The van der Waals surface area contributed by atoms with Crippen LogP contribution in [0.25, 0.3) is 0 Å². The minimum atomic E-state index is -1.22. The molecule has 3 N–H and O–H groups in total. The first-order valence-electron chi connectivity index (χ1n) is 10.1. The van der Waals surface area contributed by atoms with Crippen molar-refractivity contribution in [1.82, 2.24) is 10.6 Å². The molecule has 0 saturated carbocycles. The molecular weight excluding hydrogens is 400 g/mol. The molecule has 0 aliphatic carbocycles. The Morgan fingerprint density at radius 2 is 1.53 bits per heavy atom. The normalized spacial score (nSPS) is 12.4. The van der Waals surface area contributed by atoms with Crippen molar-refractivity contribution in [3.8, 4) is 0 Å². The molecule has 6 nitrogen and oxygen atoms in total. The van der Waals surface area contributed by atoms with Crippen LogP contribution in [0.3, 0.4) is 0 Å². The van der Waals surface area contributed by atoms with Gasteiger partial charge in [-0.05, 0) is 60.3 Å². The van der Waals surface area contributed by atoms with Crippen molar-refractivity contribution in [3.63, 3.8) is 0 Å². The van der Waals surface area contributed by atoms with E-state index in [-0.39, 0.29) is 18.1 Å². The van der Waals surface area contributed by atoms with Gasteiger partial charge in [0.25, 0.3) is 0 Å². The largest absolute Gasteiger partial charge is 0.477 e. The van der Waals surface area contributed by atoms with E-state index in [2.05, 4.69) is 57.4 Å². The summed E-state index contributed by atoms with van der Waals surface area (Å²) in [5, 5.41) is 15.2. The number of carbonyl (C=O) groups is 3. The van der Waals surface area contributed by atoms with Crippen LogP contribution in [0.1, 0.15) is 67.2 Å². The summed E-state index contributed by atoms with van der Waals surface area (Å²) in [6.07, 6.45) is 8.50. The molecular formula is C23H36N2O4S. The van der Waals surface area contributed by atoms with E-state index >= 15 is 0 Å². The minimum Gasteiger partial charge on any atom is -0.477 e. The Morgan fingerprint density at radius 3 is 2.10 bits per heavy atom. The fraction of sp³-hybridized carbons (Fsp3) is 0.522. The summed E-state index contributed by atoms with van der Waals surface area (Å²) < 4.78 is 0. The zero-order valence-corrected chi connectivity index (χ0v) is 19.9. The van der Waals surface area contributed by atoms with Crippen LogP contribution in [-0.4, -0.2) is 35.2 Å². The molecule has 7 heteroatoms. The van der Waals surface area contributed by atoms with E-state index in [0.717, 1.165) is 25.7 Å². The summed E-state index contributed by atoms with van der Waals surface area (Å²) in [6.45, 7) is 11.7. The predicted octanol–water partition coefficient (Wildman–Crippen LogP) is 4.71. The van der Waals surface area contributed by atoms with Gasteiger partial charge < -0.3 is 15.7 Å². The van der Waals surface area contributed by atoms with Crippen molar-refractivity contribution in [2.45, 2.75) is 67.2 Å². The second kappa shape index (κ2) is 15.5. The van der Waals surface area contributed by atoms with Gasteiger partial charge in [0.2, 0.25) is 11.8 Å². The van der Waals surface area contributed by atoms with Gasteiger partial charge in [-0.25, -0.2) is 4.79 Å². The third kappa shape index (κ3) is 14.7. The Hall–Kier alpha value is -2.28. The molecule has 0 radical (unpaired) electrons. The molecule has 30 heavy (non-hydrogen) atoms. The molecule has 168 valence electrons. The molecule has 0 saturated heterocycles. The van der Waals surface area contributed by atoms with Gasteiger partial charge in [-0.1, -0.05) is 34.4 Å². The van der Waals surface area contributed by atoms with Crippen LogP contribution in [0.2, 0.25) is 0 Å². The van der Waals surface area contributed by atoms with E-state index in [0.29, 0.717) is 5.75 Å². The van der Waals surface area contributed by atoms with Crippen molar-refractivity contribution < 1.29 is 19.5 Å². The van der Waals surface area contributed by atoms with Gasteiger partial charge in [-0.3, -0.25) is 9.59 Å². The third-order valence-electron chi connectivity index (χ3n) is 4.51. The molecule has 0 aromatic carbocycles. The standard InChI is InChI=1S/C23H36N2O4S/c1-16(2)19(5)11-10-17(3)8-7-9-18(4)12-13-30-15-21(23(28)29)25-22(27)14-24-20(6)26/h8,12,15H,7,9-11,13-14H2,1-6H3,(H,24,26)(H,25,27)(H,28,29)/b17-8+,18-12+,21-15-. The summed E-state index contributed by atoms with van der Waals surface area (Å²) >= 11 is 1.30. The van der Waals surface area contributed by atoms with Gasteiger partial charge in [0.1, 0.15) is 5.70 Å². The number of rotatable bonds is 13. The molecule has 0 aromatic rings. The van der Waals surface area contributed by atoms with Crippen LogP contribution in [0.4, 0.5) is 0 Å². The molecule has 0 fully saturated rings. The van der Waals surface area contributed by atoms with Crippen LogP contribution in [0, 0.1) is 0 Å². The van der Waals surface area contributed by atoms with Crippen LogP contribution in [0.15, 0.2) is 45.5 Å². The SMILES string of the molecule is CC(=O)NCC(=O)N/C(=C\SC/C=C(\C)CC/C=C(\C)CCC(C)=C(C)C)C(=O)O. The number of allylic oxidation sites excluding steroid dienone is 5. The highest BCUT2D eigenvalue weighted by Crippen LogP contribution is 2.16. The Morgan fingerprint density at radius 1 is 0.900 bits per heavy atom. The van der Waals surface area contributed by atoms with E-state index < -0.39 is 11.9 Å². The number of carboxylic acid groups (broad SMARTS) is 1. The number of carbonyl (C=O) groups excluding carboxylic acids is 2. The monoisotopic (exact) mass is 436 g/mol. The lowest BCUT2D eigenvalue weighted by molar-refractivity contribution is -0.134. The van der Waals surface area contributed by atoms with Crippen LogP contribution in [-0.2, 0) is 14.4 Å². The van der Waals surface area contributed by atoms with Gasteiger partial charge in [0.05, 0.1) is 6.54 Å². The van der Waals surface area contributed by atoms with Gasteiger partial charge in [0.15, 0.2) is 0 Å². The molecule has 0 unspecified atom stereocenters. The second-order valence-corrected chi connectivity index (χ2v) is 8.45. The molecule has 0 aliphatic rings. The number of aliphatic carboxylic acids is 1. The maximum absolute atomic E-state index is 11.6. The topological polar surface area (TPSA) is 95.5 Å². The van der Waals surface area contributed by atoms with Crippen LogP contribution in [0.5, 0.6) is 0 Å². The van der Waals surface area contributed by atoms with E-state index in [4.69, 9.17) is 0 Å². The number of hydrogen-bond donors (Lipinski definition) is 3. The highest BCUT2D eigenvalue weighted by Gasteiger charge is 2.11. The fourth-order valence-electron chi connectivity index (χ4n) is 2.24. The Labute approximate surface area is 185 Å². The molecule has 0 aromatic heterocycles. The molecule has 0 aliphatic heterocycles. The molecule has 0 atom stereocenters. The molecule has 0 heterocycles. The smallest absolute Gasteiger partial charge is 0.352 e. The van der Waals surface area contributed by atoms with Crippen molar-refractivity contribution in [2.75, 3.05) is 12.3 Å². The minimum absolute atomic E-state index is 0.202. The quantitative estimate of drug-likeness (QED) is 0.221. The first-order chi connectivity index (χ1) is 14.0. The highest BCUT2D eigenvalue weighted by atomic mass is 32.2. The van der Waals surface area contributed by atoms with Crippen LogP contribution < -0.4 is 10.6 Å². The average molecular weight is 437 g/mol. The summed E-state index contributed by atoms with van der Waals surface area (Å²) in [6, 6.07) is 0. The van der Waals surface area contributed by atoms with Crippen molar-refractivity contribution in [3.05, 3.63) is 45.5 Å². The number of thioether (sulfide) groups is 1. The van der Waals surface area contributed by atoms with Crippen LogP contribution >= 0.6 is 11.8 Å². The molecule has 0 bridgehead atoms. The Balaban J connectivity index is 4.42. The number of hydrogen-bond acceptors (Lipinski definition) is 4. The lowest BCUT2D eigenvalue weighted by atomic mass is 10.0. The Kier molecular flexibility index (Phi) is 14.4. The third-order valence-corrected chi connectivity index (χ3v) is 5.27. The van der Waals surface area contributed by atoms with E-state index in [1.54, 1.807) is 0 Å². The number of carboxylic acids is 1. The lowest BCUT2D eigenvalue weighted by Crippen LogP contribution is -2.37. The van der Waals surface area contributed by atoms with Crippen molar-refractivity contribution in [1.29, 1.82) is 0 Å². The molecule has 0 rings (SSSR count). The summed E-state index contributed by atoms with van der Waals surface area (Å²) in [4.78, 5) is 33.7. The zero-order valence-electron chi connectivity index (χ0n) is 19.1. The summed E-state index contributed by atoms with van der Waals surface area (Å²) in [5.41, 5.74) is 5.29. The first kappa shape index (κ1) is 27.7. The maximum atomic E-state index is 11.6. The lowest BCUT2D eigenvalue weighted by Gasteiger charge is -2.06. The van der Waals surface area contributed by atoms with Crippen molar-refractivity contribution >= 4 is 29.5 Å². The van der Waals surface area contributed by atoms with Gasteiger partial charge >= 0.3 is 5.97 Å². The zero-order chi connectivity index (χ0) is 23.1. The first-order valence-corrected chi connectivity index (χ1v) is 11.1. The highest BCUT2D eigenvalue weighted by molar-refractivity contribution is 8.02. The maximum Gasteiger partial charge on any atom is 0.352 e. The number of nitrogens with one attached hydrogen (secondary N) is 2.